The van der Waals surface area contributed by atoms with Gasteiger partial charge in [-0.05, 0) is 12.8 Å². The van der Waals surface area contributed by atoms with Crippen LogP contribution in [0.15, 0.2) is 12.4 Å². The number of fused-ring (bicyclic) bond motifs is 1. The molecule has 0 amide bonds. The highest BCUT2D eigenvalue weighted by atomic mass is 32.2. The summed E-state index contributed by atoms with van der Waals surface area (Å²) < 4.78 is 35.6. The number of sulfonamides is 1. The van der Waals surface area contributed by atoms with Gasteiger partial charge in [0, 0.05) is 25.4 Å². The van der Waals surface area contributed by atoms with Gasteiger partial charge in [-0.3, -0.25) is 4.68 Å². The molecule has 0 bridgehead atoms. The van der Waals surface area contributed by atoms with E-state index in [1.807, 2.05) is 13.2 Å². The summed E-state index contributed by atoms with van der Waals surface area (Å²) in [6.07, 6.45) is 4.88. The summed E-state index contributed by atoms with van der Waals surface area (Å²) in [4.78, 5) is 0. The highest BCUT2D eigenvalue weighted by Gasteiger charge is 2.36. The average molecular weight is 338 g/mol. The van der Waals surface area contributed by atoms with Gasteiger partial charge in [0.1, 0.15) is 5.69 Å². The maximum Gasteiger partial charge on any atom is 0.214 e. The Balaban J connectivity index is 1.45. The zero-order chi connectivity index (χ0) is 16.0. The van der Waals surface area contributed by atoms with Crippen LogP contribution in [-0.4, -0.2) is 51.1 Å². The number of nitrogens with one attached hydrogen (secondary N) is 1. The average Bonchev–Trinajstić information content (AvgIpc) is 3.19. The van der Waals surface area contributed by atoms with E-state index < -0.39 is 10.0 Å². The number of hydrogen-bond donors (Lipinski definition) is 1. The Morgan fingerprint density at radius 2 is 2.26 bits per heavy atom. The van der Waals surface area contributed by atoms with Gasteiger partial charge in [-0.25, -0.2) is 17.8 Å². The van der Waals surface area contributed by atoms with Gasteiger partial charge in [-0.2, -0.15) is 5.10 Å². The van der Waals surface area contributed by atoms with E-state index in [-0.39, 0.29) is 17.9 Å². The molecule has 1 aliphatic carbocycles. The van der Waals surface area contributed by atoms with E-state index in [9.17, 15) is 8.42 Å². The molecule has 2 aliphatic rings. The molecule has 1 saturated carbocycles. The molecule has 1 aliphatic heterocycles. The highest BCUT2D eigenvalue weighted by Crippen LogP contribution is 2.28. The van der Waals surface area contributed by atoms with Crippen LogP contribution < -0.4 is 4.72 Å². The van der Waals surface area contributed by atoms with Crippen LogP contribution in [0.1, 0.15) is 18.5 Å². The molecule has 2 aromatic heterocycles. The molecule has 0 saturated heterocycles. The molecule has 2 aromatic rings. The largest absolute Gasteiger partial charge is 0.369 e. The highest BCUT2D eigenvalue weighted by molar-refractivity contribution is 7.90. The Bertz CT molecular complexity index is 823. The lowest BCUT2D eigenvalue weighted by atomic mass is 10.2. The van der Waals surface area contributed by atoms with E-state index in [1.54, 1.807) is 15.6 Å². The van der Waals surface area contributed by atoms with Crippen LogP contribution >= 0.6 is 0 Å². The first-order valence-corrected chi connectivity index (χ1v) is 9.09. The van der Waals surface area contributed by atoms with Gasteiger partial charge < -0.3 is 4.74 Å². The van der Waals surface area contributed by atoms with Gasteiger partial charge in [-0.15, -0.1) is 5.10 Å². The molecule has 0 radical (unpaired) electrons. The Hall–Kier alpha value is -1.78. The normalized spacial score (nSPS) is 21.3. The molecule has 124 valence electrons. The van der Waals surface area contributed by atoms with Gasteiger partial charge in [0.05, 0.1) is 36.4 Å². The third kappa shape index (κ3) is 2.89. The molecular weight excluding hydrogens is 320 g/mol. The van der Waals surface area contributed by atoms with Crippen molar-refractivity contribution in [1.29, 1.82) is 0 Å². The van der Waals surface area contributed by atoms with Gasteiger partial charge in [0.15, 0.2) is 0 Å². The zero-order valence-electron chi connectivity index (χ0n) is 12.7. The Morgan fingerprint density at radius 3 is 2.96 bits per heavy atom. The van der Waals surface area contributed by atoms with Crippen molar-refractivity contribution in [2.75, 3.05) is 6.54 Å². The Morgan fingerprint density at radius 1 is 1.43 bits per heavy atom. The molecular formula is C13H18N6O3S. The molecule has 1 N–H and O–H groups in total. The quantitative estimate of drug-likeness (QED) is 0.800. The second kappa shape index (κ2) is 5.39. The van der Waals surface area contributed by atoms with Gasteiger partial charge in [0.25, 0.3) is 0 Å². The number of rotatable bonds is 5. The van der Waals surface area contributed by atoms with Crippen molar-refractivity contribution >= 4 is 10.0 Å². The van der Waals surface area contributed by atoms with E-state index in [4.69, 9.17) is 4.74 Å². The first-order valence-electron chi connectivity index (χ1n) is 7.54. The lowest BCUT2D eigenvalue weighted by Crippen LogP contribution is -2.40. The van der Waals surface area contributed by atoms with Crippen LogP contribution in [-0.2, 0) is 35.0 Å². The van der Waals surface area contributed by atoms with Crippen molar-refractivity contribution in [3.8, 4) is 11.3 Å². The van der Waals surface area contributed by atoms with Crippen LogP contribution in [0.5, 0.6) is 0 Å². The monoisotopic (exact) mass is 338 g/mol. The Kier molecular flexibility index (Phi) is 3.47. The summed E-state index contributed by atoms with van der Waals surface area (Å²) in [5, 5.41) is 12.3. The van der Waals surface area contributed by atoms with E-state index >= 15 is 0 Å². The summed E-state index contributed by atoms with van der Waals surface area (Å²) >= 11 is 0. The van der Waals surface area contributed by atoms with E-state index in [0.717, 1.165) is 29.8 Å². The molecule has 0 unspecified atom stereocenters. The van der Waals surface area contributed by atoms with Crippen molar-refractivity contribution in [3.05, 3.63) is 18.1 Å². The summed E-state index contributed by atoms with van der Waals surface area (Å²) in [6, 6.07) is 0. The minimum Gasteiger partial charge on any atom is -0.369 e. The standard InChI is InChI=1S/C13H18N6O3S/c1-18-6-9(4-14-18)13-12-8-22-10(7-19(12)17-16-13)5-15-23(20,21)11-2-3-11/h4,6,10-11,15H,2-3,5,7-8H2,1H3/t10-/m0/s1. The van der Waals surface area contributed by atoms with Crippen molar-refractivity contribution in [2.45, 2.75) is 37.3 Å². The van der Waals surface area contributed by atoms with Crippen LogP contribution in [0.2, 0.25) is 0 Å². The molecule has 1 fully saturated rings. The summed E-state index contributed by atoms with van der Waals surface area (Å²) in [6.45, 7) is 1.10. The minimum atomic E-state index is -3.19. The fraction of sp³-hybridized carbons (Fsp3) is 0.615. The first kappa shape index (κ1) is 14.8. The predicted molar refractivity (Wildman–Crippen MR) is 80.7 cm³/mol. The molecule has 0 aromatic carbocycles. The van der Waals surface area contributed by atoms with Crippen molar-refractivity contribution in [2.24, 2.45) is 7.05 Å². The number of hydrogen-bond acceptors (Lipinski definition) is 6. The molecule has 4 rings (SSSR count). The van der Waals surface area contributed by atoms with Crippen LogP contribution in [0.4, 0.5) is 0 Å². The topological polar surface area (TPSA) is 104 Å². The molecule has 0 spiro atoms. The van der Waals surface area contributed by atoms with Gasteiger partial charge in [0.2, 0.25) is 10.0 Å². The number of aromatic nitrogens is 5. The minimum absolute atomic E-state index is 0.217. The maximum atomic E-state index is 11.9. The summed E-state index contributed by atoms with van der Waals surface area (Å²) in [5.74, 6) is 0. The fourth-order valence-electron chi connectivity index (χ4n) is 2.66. The number of nitrogens with zero attached hydrogens (tertiary/aromatic N) is 5. The van der Waals surface area contributed by atoms with Crippen molar-refractivity contribution < 1.29 is 13.2 Å². The first-order chi connectivity index (χ1) is 11.0. The van der Waals surface area contributed by atoms with Crippen LogP contribution in [0.3, 0.4) is 0 Å². The summed E-state index contributed by atoms with van der Waals surface area (Å²) in [7, 11) is -1.34. The lowest BCUT2D eigenvalue weighted by molar-refractivity contribution is 0.00431. The predicted octanol–water partition coefficient (Wildman–Crippen LogP) is -0.341. The molecule has 9 nitrogen and oxygen atoms in total. The third-order valence-corrected chi connectivity index (χ3v) is 6.04. The molecule has 23 heavy (non-hydrogen) atoms. The van der Waals surface area contributed by atoms with E-state index in [1.165, 1.54) is 0 Å². The van der Waals surface area contributed by atoms with Crippen LogP contribution in [0.25, 0.3) is 11.3 Å². The molecule has 3 heterocycles. The SMILES string of the molecule is Cn1cc(-c2nnn3c2CO[C@@H](CNS(=O)(=O)C2CC2)C3)cn1. The third-order valence-electron chi connectivity index (χ3n) is 4.12. The summed E-state index contributed by atoms with van der Waals surface area (Å²) in [5.41, 5.74) is 2.54. The maximum absolute atomic E-state index is 11.9. The number of ether oxygens (including phenoxy) is 1. The fourth-order valence-corrected chi connectivity index (χ4v) is 4.07. The van der Waals surface area contributed by atoms with Crippen molar-refractivity contribution in [1.82, 2.24) is 29.5 Å². The van der Waals surface area contributed by atoms with Gasteiger partial charge in [-0.1, -0.05) is 5.21 Å². The molecule has 10 heteroatoms. The Labute approximate surface area is 133 Å². The van der Waals surface area contributed by atoms with E-state index in [0.29, 0.717) is 13.2 Å². The lowest BCUT2D eigenvalue weighted by Gasteiger charge is -2.24. The van der Waals surface area contributed by atoms with Gasteiger partial charge >= 0.3 is 0 Å². The zero-order valence-corrected chi connectivity index (χ0v) is 13.5. The van der Waals surface area contributed by atoms with Crippen LogP contribution in [0, 0.1) is 0 Å². The second-order valence-electron chi connectivity index (χ2n) is 6.00. The van der Waals surface area contributed by atoms with Crippen molar-refractivity contribution in [3.63, 3.8) is 0 Å². The molecule has 1 atom stereocenters. The van der Waals surface area contributed by atoms with E-state index in [2.05, 4.69) is 20.1 Å². The number of aryl methyl sites for hydroxylation is 1. The second-order valence-corrected chi connectivity index (χ2v) is 8.04. The smallest absolute Gasteiger partial charge is 0.214 e.